The van der Waals surface area contributed by atoms with Crippen molar-refractivity contribution in [1.82, 2.24) is 9.80 Å². The minimum atomic E-state index is -1.31. The fourth-order valence-electron chi connectivity index (χ4n) is 3.61. The van der Waals surface area contributed by atoms with Gasteiger partial charge in [0.2, 0.25) is 0 Å². The van der Waals surface area contributed by atoms with Crippen LogP contribution in [0.15, 0.2) is 0 Å². The summed E-state index contributed by atoms with van der Waals surface area (Å²) in [6.07, 6.45) is 4.53. The van der Waals surface area contributed by atoms with Gasteiger partial charge in [0.05, 0.1) is 0 Å². The molecule has 2 atom stereocenters. The third-order valence-corrected chi connectivity index (χ3v) is 6.47. The second-order valence-electron chi connectivity index (χ2n) is 9.22. The summed E-state index contributed by atoms with van der Waals surface area (Å²) in [5.41, 5.74) is -4.45. The van der Waals surface area contributed by atoms with Gasteiger partial charge in [-0.25, -0.2) is 9.59 Å². The zero-order valence-electron chi connectivity index (χ0n) is 18.1. The molecule has 2 aliphatic rings. The summed E-state index contributed by atoms with van der Waals surface area (Å²) in [6.45, 7) is 11.0. The quantitative estimate of drug-likeness (QED) is 0.577. The lowest BCUT2D eigenvalue weighted by Crippen LogP contribution is -2.53. The van der Waals surface area contributed by atoms with Gasteiger partial charge >= 0.3 is 12.2 Å². The van der Waals surface area contributed by atoms with Gasteiger partial charge in [-0.1, -0.05) is 25.7 Å². The number of rotatable bonds is 9. The second kappa shape index (κ2) is 7.71. The number of aliphatic hydroxyl groups is 2. The van der Waals surface area contributed by atoms with Crippen LogP contribution in [0.2, 0.25) is 0 Å². The number of hydrogen-bond acceptors (Lipinski definition) is 6. The summed E-state index contributed by atoms with van der Waals surface area (Å²) in [5.74, 6) is 0. The van der Waals surface area contributed by atoms with E-state index in [2.05, 4.69) is 0 Å². The van der Waals surface area contributed by atoms with Crippen LogP contribution in [0.5, 0.6) is 0 Å². The van der Waals surface area contributed by atoms with E-state index in [-0.39, 0.29) is 0 Å². The minimum absolute atomic E-state index is 0.465. The van der Waals surface area contributed by atoms with Crippen molar-refractivity contribution in [2.45, 2.75) is 103 Å². The van der Waals surface area contributed by atoms with E-state index in [1.165, 1.54) is 9.80 Å². The molecule has 2 rings (SSSR count). The van der Waals surface area contributed by atoms with Crippen LogP contribution < -0.4 is 0 Å². The van der Waals surface area contributed by atoms with Crippen molar-refractivity contribution in [3.05, 3.63) is 0 Å². The first kappa shape index (κ1) is 22.7. The molecule has 2 N–H and O–H groups in total. The van der Waals surface area contributed by atoms with E-state index in [0.717, 1.165) is 38.5 Å². The molecule has 2 amide bonds. The van der Waals surface area contributed by atoms with Crippen LogP contribution in [0.4, 0.5) is 9.59 Å². The molecule has 28 heavy (non-hydrogen) atoms. The van der Waals surface area contributed by atoms with Crippen LogP contribution in [0.1, 0.15) is 80.1 Å². The molecule has 0 aromatic carbocycles. The number of hydrogen-bond donors (Lipinski definition) is 2. The van der Waals surface area contributed by atoms with Gasteiger partial charge in [0.15, 0.2) is 22.7 Å². The van der Waals surface area contributed by atoms with Crippen molar-refractivity contribution >= 4 is 12.2 Å². The smallest absolute Gasteiger partial charge is 0.412 e. The summed E-state index contributed by atoms with van der Waals surface area (Å²) >= 11 is 0. The molecular weight excluding hydrogens is 364 g/mol. The standard InChI is InChI=1S/C20H36N2O6/c1-17(2)19(5,25)21(15(23)27-17)13-11-9-7-8-10-12-14-22-16(24)28-18(3,4)20(22,6)26/h25-26H,7-14H2,1-6H3/t19-,20-/m1/s1. The highest BCUT2D eigenvalue weighted by molar-refractivity contribution is 5.72. The van der Waals surface area contributed by atoms with E-state index in [1.54, 1.807) is 41.5 Å². The van der Waals surface area contributed by atoms with Crippen molar-refractivity contribution in [2.75, 3.05) is 13.1 Å². The highest BCUT2D eigenvalue weighted by atomic mass is 16.6. The molecule has 0 bridgehead atoms. The Morgan fingerprint density at radius 2 is 0.929 bits per heavy atom. The number of amides is 2. The first-order chi connectivity index (χ1) is 12.7. The normalized spacial score (nSPS) is 31.3. The largest absolute Gasteiger partial charge is 0.438 e. The topological polar surface area (TPSA) is 99.5 Å². The summed E-state index contributed by atoms with van der Waals surface area (Å²) < 4.78 is 10.5. The van der Waals surface area contributed by atoms with Gasteiger partial charge in [-0.2, -0.15) is 0 Å². The van der Waals surface area contributed by atoms with Crippen LogP contribution in [0.3, 0.4) is 0 Å². The Kier molecular flexibility index (Phi) is 6.26. The maximum absolute atomic E-state index is 11.9. The van der Waals surface area contributed by atoms with Crippen molar-refractivity contribution in [2.24, 2.45) is 0 Å². The molecule has 0 radical (unpaired) electrons. The second-order valence-corrected chi connectivity index (χ2v) is 9.22. The van der Waals surface area contributed by atoms with Crippen LogP contribution in [-0.2, 0) is 9.47 Å². The van der Waals surface area contributed by atoms with E-state index in [1.807, 2.05) is 0 Å². The van der Waals surface area contributed by atoms with Crippen LogP contribution in [-0.4, -0.2) is 67.9 Å². The highest BCUT2D eigenvalue weighted by Crippen LogP contribution is 2.38. The predicted octanol–water partition coefficient (Wildman–Crippen LogP) is 3.21. The third-order valence-electron chi connectivity index (χ3n) is 6.47. The Bertz CT molecular complexity index is 548. The van der Waals surface area contributed by atoms with Crippen molar-refractivity contribution in [1.29, 1.82) is 0 Å². The average molecular weight is 401 g/mol. The molecule has 2 saturated heterocycles. The van der Waals surface area contributed by atoms with Gasteiger partial charge in [-0.3, -0.25) is 9.80 Å². The lowest BCUT2D eigenvalue weighted by molar-refractivity contribution is -0.127. The van der Waals surface area contributed by atoms with E-state index in [9.17, 15) is 19.8 Å². The van der Waals surface area contributed by atoms with Crippen LogP contribution >= 0.6 is 0 Å². The van der Waals surface area contributed by atoms with Crippen molar-refractivity contribution in [3.63, 3.8) is 0 Å². The Morgan fingerprint density at radius 1 is 0.643 bits per heavy atom. The zero-order valence-corrected chi connectivity index (χ0v) is 18.1. The van der Waals surface area contributed by atoms with Crippen molar-refractivity contribution < 1.29 is 29.3 Å². The maximum Gasteiger partial charge on any atom is 0.412 e. The maximum atomic E-state index is 11.9. The number of carbonyl (C=O) groups excluding carboxylic acids is 2. The Morgan fingerprint density at radius 3 is 1.18 bits per heavy atom. The Labute approximate surface area is 167 Å². The molecule has 0 aromatic heterocycles. The predicted molar refractivity (Wildman–Crippen MR) is 103 cm³/mol. The Balaban J connectivity index is 1.62. The fourth-order valence-corrected chi connectivity index (χ4v) is 3.61. The summed E-state index contributed by atoms with van der Waals surface area (Å²) in [7, 11) is 0. The Hall–Kier alpha value is -1.54. The van der Waals surface area contributed by atoms with Crippen LogP contribution in [0.25, 0.3) is 0 Å². The van der Waals surface area contributed by atoms with Gasteiger partial charge in [0.25, 0.3) is 0 Å². The molecule has 0 unspecified atom stereocenters. The molecule has 0 aliphatic carbocycles. The molecular formula is C20H36N2O6. The monoisotopic (exact) mass is 400 g/mol. The van der Waals surface area contributed by atoms with Crippen LogP contribution in [0, 0.1) is 0 Å². The molecule has 162 valence electrons. The summed E-state index contributed by atoms with van der Waals surface area (Å²) in [5, 5.41) is 21.1. The minimum Gasteiger partial charge on any atom is -0.438 e. The number of ether oxygens (including phenoxy) is 2. The van der Waals surface area contributed by atoms with E-state index < -0.39 is 34.8 Å². The van der Waals surface area contributed by atoms with E-state index in [0.29, 0.717) is 13.1 Å². The number of cyclic esters (lactones) is 2. The lowest BCUT2D eigenvalue weighted by Gasteiger charge is -2.35. The average Bonchev–Trinajstić information content (AvgIpc) is 2.78. The first-order valence-electron chi connectivity index (χ1n) is 10.2. The number of nitrogens with zero attached hydrogens (tertiary/aromatic N) is 2. The molecule has 8 heteroatoms. The molecule has 0 saturated carbocycles. The highest BCUT2D eigenvalue weighted by Gasteiger charge is 2.57. The SMILES string of the molecule is CC1(C)OC(=O)N(CCCCCCCCN2C(=O)OC(C)(C)[C@@]2(C)O)[C@]1(C)O. The molecule has 0 aromatic rings. The molecule has 8 nitrogen and oxygen atoms in total. The van der Waals surface area contributed by atoms with E-state index >= 15 is 0 Å². The lowest BCUT2D eigenvalue weighted by atomic mass is 9.95. The summed E-state index contributed by atoms with van der Waals surface area (Å²) in [6, 6.07) is 0. The van der Waals surface area contributed by atoms with Gasteiger partial charge < -0.3 is 19.7 Å². The third kappa shape index (κ3) is 4.08. The molecule has 2 fully saturated rings. The number of carbonyl (C=O) groups is 2. The van der Waals surface area contributed by atoms with Gasteiger partial charge in [-0.15, -0.1) is 0 Å². The molecule has 2 aliphatic heterocycles. The first-order valence-corrected chi connectivity index (χ1v) is 10.2. The van der Waals surface area contributed by atoms with E-state index in [4.69, 9.17) is 9.47 Å². The van der Waals surface area contributed by atoms with Gasteiger partial charge in [-0.05, 0) is 54.4 Å². The fraction of sp³-hybridized carbons (Fsp3) is 0.900. The number of unbranched alkanes of at least 4 members (excludes halogenated alkanes) is 5. The zero-order chi connectivity index (χ0) is 21.4. The molecule has 2 heterocycles. The van der Waals surface area contributed by atoms with Gasteiger partial charge in [0, 0.05) is 13.1 Å². The molecule has 0 spiro atoms. The summed E-state index contributed by atoms with van der Waals surface area (Å²) in [4.78, 5) is 26.7. The van der Waals surface area contributed by atoms with Crippen molar-refractivity contribution in [3.8, 4) is 0 Å². The van der Waals surface area contributed by atoms with Gasteiger partial charge in [0.1, 0.15) is 0 Å².